The molecule has 0 radical (unpaired) electrons. The van der Waals surface area contributed by atoms with Crippen LogP contribution in [-0.2, 0) is 11.3 Å². The number of carbonyl (C=O) groups excluding carboxylic acids is 1. The van der Waals surface area contributed by atoms with Crippen LogP contribution in [0.1, 0.15) is 36.0 Å². The van der Waals surface area contributed by atoms with Crippen molar-refractivity contribution in [3.63, 3.8) is 0 Å². The van der Waals surface area contributed by atoms with Crippen LogP contribution >= 0.6 is 0 Å². The molecule has 0 unspecified atom stereocenters. The number of nitrogens with zero attached hydrogens (tertiary/aromatic N) is 1. The van der Waals surface area contributed by atoms with E-state index in [0.29, 0.717) is 11.5 Å². The highest BCUT2D eigenvalue weighted by Gasteiger charge is 2.58. The lowest BCUT2D eigenvalue weighted by molar-refractivity contribution is -0.118. The lowest BCUT2D eigenvalue weighted by Crippen LogP contribution is -2.36. The fraction of sp³-hybridized carbons (Fsp3) is 0.500. The Labute approximate surface area is 190 Å². The molecule has 6 nitrogen and oxygen atoms in total. The summed E-state index contributed by atoms with van der Waals surface area (Å²) in [6.45, 7) is 6.86. The molecule has 2 fully saturated rings. The maximum atomic E-state index is 12.9. The van der Waals surface area contributed by atoms with Crippen molar-refractivity contribution in [2.24, 2.45) is 11.3 Å². The first-order valence-corrected chi connectivity index (χ1v) is 11.3. The number of benzene rings is 2. The molecule has 4 rings (SSSR count). The second-order valence-corrected chi connectivity index (χ2v) is 9.28. The van der Waals surface area contributed by atoms with Gasteiger partial charge in [-0.3, -0.25) is 9.69 Å². The van der Waals surface area contributed by atoms with Gasteiger partial charge in [-0.1, -0.05) is 6.07 Å². The minimum atomic E-state index is 0.126. The monoisotopic (exact) mass is 438 g/mol. The van der Waals surface area contributed by atoms with Crippen LogP contribution in [0.15, 0.2) is 30.3 Å². The minimum absolute atomic E-state index is 0.126. The van der Waals surface area contributed by atoms with Gasteiger partial charge in [0.25, 0.3) is 0 Å². The van der Waals surface area contributed by atoms with Crippen LogP contribution in [-0.4, -0.2) is 45.2 Å². The number of amides is 1. The number of likely N-dealkylation sites (tertiary alicyclic amines) is 1. The quantitative estimate of drug-likeness (QED) is 0.686. The largest absolute Gasteiger partial charge is 0.496 e. The van der Waals surface area contributed by atoms with E-state index in [1.807, 2.05) is 24.3 Å². The topological polar surface area (TPSA) is 60.0 Å². The summed E-state index contributed by atoms with van der Waals surface area (Å²) in [5, 5.41) is 3.15. The maximum absolute atomic E-state index is 12.9. The molecule has 0 aromatic heterocycles. The van der Waals surface area contributed by atoms with Gasteiger partial charge >= 0.3 is 0 Å². The summed E-state index contributed by atoms with van der Waals surface area (Å²) in [6.07, 6.45) is 3.10. The predicted molar refractivity (Wildman–Crippen MR) is 126 cm³/mol. The average molecular weight is 439 g/mol. The number of carbonyl (C=O) groups is 1. The lowest BCUT2D eigenvalue weighted by Gasteiger charge is -2.33. The normalized spacial score (nSPS) is 19.5. The number of hydrogen-bond acceptors (Lipinski definition) is 5. The summed E-state index contributed by atoms with van der Waals surface area (Å²) in [5.74, 6) is 2.48. The van der Waals surface area contributed by atoms with Crippen molar-refractivity contribution in [3.8, 4) is 17.2 Å². The molecule has 2 aromatic carbocycles. The van der Waals surface area contributed by atoms with Crippen LogP contribution in [0.3, 0.4) is 0 Å². The number of piperidine rings is 1. The third-order valence-corrected chi connectivity index (χ3v) is 7.03. The SMILES string of the molecule is COc1cc(OC)c(OC)cc1CN1CCC2(CC1)C[C@@H]2C(=O)Nc1cc(C)cc(C)c1. The molecule has 1 saturated carbocycles. The van der Waals surface area contributed by atoms with E-state index in [-0.39, 0.29) is 17.2 Å². The molecule has 1 heterocycles. The Morgan fingerprint density at radius 1 is 0.938 bits per heavy atom. The first-order chi connectivity index (χ1) is 15.4. The molecule has 1 aliphatic carbocycles. The summed E-state index contributed by atoms with van der Waals surface area (Å²) in [4.78, 5) is 15.3. The van der Waals surface area contributed by atoms with Gasteiger partial charge in [-0.05, 0) is 80.9 Å². The van der Waals surface area contributed by atoms with Gasteiger partial charge in [-0.25, -0.2) is 0 Å². The number of rotatable bonds is 7. The van der Waals surface area contributed by atoms with E-state index in [1.165, 1.54) is 11.1 Å². The fourth-order valence-corrected chi connectivity index (χ4v) is 5.16. The van der Waals surface area contributed by atoms with Crippen molar-refractivity contribution < 1.29 is 19.0 Å². The van der Waals surface area contributed by atoms with Crippen molar-refractivity contribution >= 4 is 11.6 Å². The molecular weight excluding hydrogens is 404 g/mol. The summed E-state index contributed by atoms with van der Waals surface area (Å²) in [6, 6.07) is 10.1. The van der Waals surface area contributed by atoms with Crippen LogP contribution in [0.25, 0.3) is 0 Å². The van der Waals surface area contributed by atoms with Gasteiger partial charge < -0.3 is 19.5 Å². The number of anilines is 1. The third-order valence-electron chi connectivity index (χ3n) is 7.03. The smallest absolute Gasteiger partial charge is 0.228 e. The van der Waals surface area contributed by atoms with E-state index < -0.39 is 0 Å². The second-order valence-electron chi connectivity index (χ2n) is 9.28. The summed E-state index contributed by atoms with van der Waals surface area (Å²) in [5.41, 5.74) is 4.50. The molecule has 6 heteroatoms. The Balaban J connectivity index is 1.35. The van der Waals surface area contributed by atoms with Crippen molar-refractivity contribution in [1.82, 2.24) is 4.90 Å². The number of hydrogen-bond donors (Lipinski definition) is 1. The predicted octanol–water partition coefficient (Wildman–Crippen LogP) is 4.57. The Morgan fingerprint density at radius 3 is 2.12 bits per heavy atom. The molecule has 0 bridgehead atoms. The molecule has 2 aromatic rings. The molecule has 1 aliphatic heterocycles. The summed E-state index contributed by atoms with van der Waals surface area (Å²) < 4.78 is 16.5. The van der Waals surface area contributed by atoms with E-state index in [4.69, 9.17) is 14.2 Å². The standard InChI is InChI=1S/C26H34N2O4/c1-17-10-18(2)12-20(11-17)27-25(29)21-15-26(21)6-8-28(9-7-26)16-19-13-23(31-4)24(32-5)14-22(19)30-3/h10-14,21H,6-9,15-16H2,1-5H3,(H,27,29)/t21-/m1/s1. The Hall–Kier alpha value is -2.73. The molecule has 32 heavy (non-hydrogen) atoms. The molecule has 1 N–H and O–H groups in total. The zero-order valence-electron chi connectivity index (χ0n) is 19.8. The van der Waals surface area contributed by atoms with Crippen LogP contribution in [0.4, 0.5) is 5.69 Å². The van der Waals surface area contributed by atoms with E-state index in [1.54, 1.807) is 21.3 Å². The summed E-state index contributed by atoms with van der Waals surface area (Å²) in [7, 11) is 4.96. The first-order valence-electron chi connectivity index (χ1n) is 11.3. The van der Waals surface area contributed by atoms with E-state index in [0.717, 1.165) is 55.9 Å². The van der Waals surface area contributed by atoms with Gasteiger partial charge in [0.1, 0.15) is 5.75 Å². The first kappa shape index (κ1) is 22.5. The zero-order valence-corrected chi connectivity index (χ0v) is 19.8. The van der Waals surface area contributed by atoms with Gasteiger partial charge in [0.05, 0.1) is 21.3 Å². The number of methoxy groups -OCH3 is 3. The van der Waals surface area contributed by atoms with Crippen molar-refractivity contribution in [2.45, 2.75) is 39.7 Å². The highest BCUT2D eigenvalue weighted by Crippen LogP contribution is 2.59. The van der Waals surface area contributed by atoms with Crippen LogP contribution in [0.5, 0.6) is 17.2 Å². The average Bonchev–Trinajstić information content (AvgIpc) is 3.48. The Kier molecular flexibility index (Phi) is 6.33. The van der Waals surface area contributed by atoms with Crippen molar-refractivity contribution in [3.05, 3.63) is 47.0 Å². The Morgan fingerprint density at radius 2 is 1.53 bits per heavy atom. The van der Waals surface area contributed by atoms with E-state index in [9.17, 15) is 4.79 Å². The lowest BCUT2D eigenvalue weighted by atomic mass is 9.90. The van der Waals surface area contributed by atoms with Gasteiger partial charge in [-0.15, -0.1) is 0 Å². The minimum Gasteiger partial charge on any atom is -0.496 e. The van der Waals surface area contributed by atoms with Crippen molar-refractivity contribution in [2.75, 3.05) is 39.7 Å². The molecule has 1 spiro atoms. The Bertz CT molecular complexity index is 975. The van der Waals surface area contributed by atoms with E-state index in [2.05, 4.69) is 30.1 Å². The highest BCUT2D eigenvalue weighted by molar-refractivity contribution is 5.95. The molecule has 2 aliphatic rings. The molecular formula is C26H34N2O4. The third kappa shape index (κ3) is 4.56. The molecule has 1 atom stereocenters. The van der Waals surface area contributed by atoms with Gasteiger partial charge in [0, 0.05) is 29.8 Å². The molecule has 1 saturated heterocycles. The van der Waals surface area contributed by atoms with Gasteiger partial charge in [-0.2, -0.15) is 0 Å². The highest BCUT2D eigenvalue weighted by atomic mass is 16.5. The van der Waals surface area contributed by atoms with Crippen LogP contribution in [0.2, 0.25) is 0 Å². The molecule has 172 valence electrons. The van der Waals surface area contributed by atoms with Crippen LogP contribution < -0.4 is 19.5 Å². The maximum Gasteiger partial charge on any atom is 0.228 e. The van der Waals surface area contributed by atoms with Gasteiger partial charge in [0.15, 0.2) is 11.5 Å². The number of ether oxygens (including phenoxy) is 3. The zero-order chi connectivity index (χ0) is 22.9. The van der Waals surface area contributed by atoms with E-state index >= 15 is 0 Å². The number of aryl methyl sites for hydroxylation is 2. The molecule has 1 amide bonds. The fourth-order valence-electron chi connectivity index (χ4n) is 5.16. The van der Waals surface area contributed by atoms with Crippen molar-refractivity contribution in [1.29, 1.82) is 0 Å². The summed E-state index contributed by atoms with van der Waals surface area (Å²) >= 11 is 0. The van der Waals surface area contributed by atoms with Gasteiger partial charge in [0.2, 0.25) is 5.91 Å². The second kappa shape index (κ2) is 9.02. The number of nitrogens with one attached hydrogen (secondary N) is 1. The van der Waals surface area contributed by atoms with Crippen LogP contribution in [0, 0.1) is 25.2 Å².